The lowest BCUT2D eigenvalue weighted by Gasteiger charge is -2.29. The van der Waals surface area contributed by atoms with Gasteiger partial charge in [-0.25, -0.2) is 4.39 Å². The molecule has 2 aromatic carbocycles. The first-order valence-corrected chi connectivity index (χ1v) is 10.4. The summed E-state index contributed by atoms with van der Waals surface area (Å²) < 4.78 is 47.4. The summed E-state index contributed by atoms with van der Waals surface area (Å²) >= 11 is 0. The molecule has 0 radical (unpaired) electrons. The van der Waals surface area contributed by atoms with E-state index in [1.54, 1.807) is 18.2 Å². The molecule has 0 N–H and O–H groups in total. The van der Waals surface area contributed by atoms with E-state index in [0.717, 1.165) is 42.9 Å². The van der Waals surface area contributed by atoms with E-state index in [2.05, 4.69) is 12.2 Å². The van der Waals surface area contributed by atoms with Crippen molar-refractivity contribution < 1.29 is 17.9 Å². The lowest BCUT2D eigenvalue weighted by molar-refractivity contribution is -0.185. The first-order chi connectivity index (χ1) is 14.4. The van der Waals surface area contributed by atoms with Crippen LogP contribution in [0.2, 0.25) is 0 Å². The number of nitrogens with zero attached hydrogens (tertiary/aromatic N) is 1. The summed E-state index contributed by atoms with van der Waals surface area (Å²) in [5.74, 6) is -0.0549. The minimum absolute atomic E-state index is 0.216. The molecule has 1 saturated carbocycles. The Morgan fingerprint density at radius 3 is 2.40 bits per heavy atom. The molecule has 0 aromatic heterocycles. The zero-order valence-corrected chi connectivity index (χ0v) is 17.1. The third-order valence-corrected chi connectivity index (χ3v) is 5.85. The van der Waals surface area contributed by atoms with E-state index < -0.39 is 11.9 Å². The summed E-state index contributed by atoms with van der Waals surface area (Å²) in [7, 11) is 0. The van der Waals surface area contributed by atoms with Crippen LogP contribution < -0.4 is 4.74 Å². The number of allylic oxidation sites excluding steroid dienone is 2. The van der Waals surface area contributed by atoms with Gasteiger partial charge >= 0.3 is 6.11 Å². The summed E-state index contributed by atoms with van der Waals surface area (Å²) in [6.07, 6.45) is 7.55. The Morgan fingerprint density at radius 2 is 1.80 bits per heavy atom. The molecule has 158 valence electrons. The van der Waals surface area contributed by atoms with Gasteiger partial charge in [0.15, 0.2) is 0 Å². The van der Waals surface area contributed by atoms with Gasteiger partial charge in [0.05, 0.1) is 11.1 Å². The smallest absolute Gasteiger partial charge is 0.426 e. The summed E-state index contributed by atoms with van der Waals surface area (Å²) in [5.41, 5.74) is 0.577. The molecule has 0 atom stereocenters. The molecule has 3 rings (SSSR count). The molecule has 0 saturated heterocycles. The SMILES string of the molecule is C/C=C/CCC1CCC(c2ccc(C(F)(F)Oc3ccc(C#N)c(F)c3)cc2)CC1. The highest BCUT2D eigenvalue weighted by Gasteiger charge is 2.35. The van der Waals surface area contributed by atoms with Gasteiger partial charge in [-0.15, -0.1) is 0 Å². The normalized spacial score (nSPS) is 19.6. The molecular weight excluding hydrogens is 387 g/mol. The zero-order valence-electron chi connectivity index (χ0n) is 17.1. The van der Waals surface area contributed by atoms with Crippen molar-refractivity contribution in [3.05, 3.63) is 77.1 Å². The zero-order chi connectivity index (χ0) is 21.6. The Morgan fingerprint density at radius 1 is 1.10 bits per heavy atom. The van der Waals surface area contributed by atoms with Crippen LogP contribution >= 0.6 is 0 Å². The maximum Gasteiger partial charge on any atom is 0.426 e. The van der Waals surface area contributed by atoms with Crippen LogP contribution in [0.25, 0.3) is 0 Å². The van der Waals surface area contributed by atoms with Crippen LogP contribution in [0.3, 0.4) is 0 Å². The van der Waals surface area contributed by atoms with Crippen LogP contribution in [0.15, 0.2) is 54.6 Å². The number of alkyl halides is 2. The molecule has 2 aromatic rings. The number of ether oxygens (including phenoxy) is 1. The van der Waals surface area contributed by atoms with Gasteiger partial charge in [-0.3, -0.25) is 0 Å². The van der Waals surface area contributed by atoms with Crippen LogP contribution in [-0.2, 0) is 6.11 Å². The molecule has 5 heteroatoms. The van der Waals surface area contributed by atoms with E-state index >= 15 is 0 Å². The molecule has 30 heavy (non-hydrogen) atoms. The topological polar surface area (TPSA) is 33.0 Å². The maximum absolute atomic E-state index is 14.5. The average Bonchev–Trinajstić information content (AvgIpc) is 2.74. The number of rotatable bonds is 7. The molecule has 1 fully saturated rings. The molecule has 1 aliphatic rings. The van der Waals surface area contributed by atoms with E-state index in [0.29, 0.717) is 5.92 Å². The van der Waals surface area contributed by atoms with Crippen LogP contribution in [-0.4, -0.2) is 0 Å². The van der Waals surface area contributed by atoms with E-state index in [9.17, 15) is 13.2 Å². The van der Waals surface area contributed by atoms with Crippen LogP contribution in [0.1, 0.15) is 68.1 Å². The molecule has 0 bridgehead atoms. The summed E-state index contributed by atoms with van der Waals surface area (Å²) in [5, 5.41) is 8.73. The first kappa shape index (κ1) is 22.0. The van der Waals surface area contributed by atoms with Crippen molar-refractivity contribution in [3.8, 4) is 11.8 Å². The van der Waals surface area contributed by atoms with Gasteiger partial charge < -0.3 is 4.74 Å². The Labute approximate surface area is 176 Å². The summed E-state index contributed by atoms with van der Waals surface area (Å²) in [4.78, 5) is 0. The van der Waals surface area contributed by atoms with E-state index in [4.69, 9.17) is 10.00 Å². The molecule has 0 heterocycles. The average molecular weight is 413 g/mol. The second-order valence-corrected chi connectivity index (χ2v) is 7.86. The van der Waals surface area contributed by atoms with Gasteiger partial charge in [-0.05, 0) is 87.1 Å². The highest BCUT2D eigenvalue weighted by atomic mass is 19.3. The standard InChI is InChI=1S/C25H26F3NO/c1-2-3-4-5-18-6-8-19(9-7-18)20-10-13-22(14-11-20)25(27,28)30-23-15-12-21(17-29)24(26)16-23/h2-3,10-16,18-19H,4-9H2,1H3/b3-2+. The van der Waals surface area contributed by atoms with Gasteiger partial charge in [0.1, 0.15) is 17.6 Å². The van der Waals surface area contributed by atoms with Crippen LogP contribution in [0, 0.1) is 23.1 Å². The highest BCUT2D eigenvalue weighted by Crippen LogP contribution is 2.39. The van der Waals surface area contributed by atoms with E-state index in [1.165, 1.54) is 37.5 Å². The van der Waals surface area contributed by atoms with Crippen molar-refractivity contribution in [1.82, 2.24) is 0 Å². The first-order valence-electron chi connectivity index (χ1n) is 10.4. The third-order valence-electron chi connectivity index (χ3n) is 5.85. The Kier molecular flexibility index (Phi) is 7.20. The van der Waals surface area contributed by atoms with Gasteiger partial charge in [0.25, 0.3) is 0 Å². The molecule has 0 aliphatic heterocycles. The largest absolute Gasteiger partial charge is 0.429 e. The van der Waals surface area contributed by atoms with Gasteiger partial charge in [-0.1, -0.05) is 24.3 Å². The van der Waals surface area contributed by atoms with Crippen molar-refractivity contribution in [2.75, 3.05) is 0 Å². The Balaban J connectivity index is 1.61. The number of hydrogen-bond acceptors (Lipinski definition) is 2. The van der Waals surface area contributed by atoms with Gasteiger partial charge in [0.2, 0.25) is 0 Å². The monoisotopic (exact) mass is 413 g/mol. The van der Waals surface area contributed by atoms with Crippen molar-refractivity contribution >= 4 is 0 Å². The van der Waals surface area contributed by atoms with Crippen LogP contribution in [0.5, 0.6) is 5.75 Å². The Hall–Kier alpha value is -2.74. The predicted octanol–water partition coefficient (Wildman–Crippen LogP) is 7.46. The van der Waals surface area contributed by atoms with Gasteiger partial charge in [0, 0.05) is 6.07 Å². The minimum Gasteiger partial charge on any atom is -0.429 e. The number of benzene rings is 2. The molecule has 2 nitrogen and oxygen atoms in total. The molecule has 0 amide bonds. The number of nitriles is 1. The fourth-order valence-corrected chi connectivity index (χ4v) is 4.09. The number of halogens is 3. The Bertz CT molecular complexity index is 907. The van der Waals surface area contributed by atoms with E-state index in [-0.39, 0.29) is 16.9 Å². The molecule has 0 unspecified atom stereocenters. The minimum atomic E-state index is -3.59. The van der Waals surface area contributed by atoms with Crippen molar-refractivity contribution in [3.63, 3.8) is 0 Å². The van der Waals surface area contributed by atoms with Gasteiger partial charge in [-0.2, -0.15) is 14.0 Å². The lowest BCUT2D eigenvalue weighted by Crippen LogP contribution is -2.22. The quantitative estimate of drug-likeness (QED) is 0.442. The molecule has 0 spiro atoms. The predicted molar refractivity (Wildman–Crippen MR) is 111 cm³/mol. The van der Waals surface area contributed by atoms with Crippen molar-refractivity contribution in [2.24, 2.45) is 5.92 Å². The van der Waals surface area contributed by atoms with Crippen molar-refractivity contribution in [1.29, 1.82) is 5.26 Å². The maximum atomic E-state index is 14.5. The highest BCUT2D eigenvalue weighted by molar-refractivity contribution is 5.37. The molecular formula is C25H26F3NO. The van der Waals surface area contributed by atoms with E-state index in [1.807, 2.05) is 6.92 Å². The number of hydrogen-bond donors (Lipinski definition) is 0. The second-order valence-electron chi connectivity index (χ2n) is 7.86. The second kappa shape index (κ2) is 9.84. The third kappa shape index (κ3) is 5.44. The van der Waals surface area contributed by atoms with Crippen molar-refractivity contribution in [2.45, 2.75) is 57.5 Å². The fourth-order valence-electron chi connectivity index (χ4n) is 4.09. The lowest BCUT2D eigenvalue weighted by atomic mass is 9.77. The molecule has 1 aliphatic carbocycles. The summed E-state index contributed by atoms with van der Waals surface area (Å²) in [6, 6.07) is 11.0. The fraction of sp³-hybridized carbons (Fsp3) is 0.400. The summed E-state index contributed by atoms with van der Waals surface area (Å²) in [6.45, 7) is 2.04. The van der Waals surface area contributed by atoms with Crippen LogP contribution in [0.4, 0.5) is 13.2 Å².